The topological polar surface area (TPSA) is 32.3 Å². The second-order valence-corrected chi connectivity index (χ2v) is 4.35. The van der Waals surface area contributed by atoms with Crippen molar-refractivity contribution in [3.63, 3.8) is 0 Å². The van der Waals surface area contributed by atoms with Crippen molar-refractivity contribution in [2.75, 3.05) is 13.1 Å². The zero-order valence-electron chi connectivity index (χ0n) is 9.37. The minimum Gasteiger partial charge on any atom is -0.389 e. The molecule has 1 aliphatic carbocycles. The van der Waals surface area contributed by atoms with E-state index in [1.165, 1.54) is 0 Å². The van der Waals surface area contributed by atoms with Crippen LogP contribution in [0, 0.1) is 11.8 Å². The number of hydrogen-bond donors (Lipinski definition) is 2. The highest BCUT2D eigenvalue weighted by Gasteiger charge is 2.33. The van der Waals surface area contributed by atoms with Gasteiger partial charge in [0.15, 0.2) is 0 Å². The van der Waals surface area contributed by atoms with E-state index in [1.54, 1.807) is 0 Å². The van der Waals surface area contributed by atoms with Gasteiger partial charge in [-0.05, 0) is 31.4 Å². The van der Waals surface area contributed by atoms with Crippen LogP contribution in [0.1, 0.15) is 24.8 Å². The first-order valence-electron chi connectivity index (χ1n) is 5.76. The van der Waals surface area contributed by atoms with Crippen molar-refractivity contribution in [2.24, 2.45) is 0 Å². The Morgan fingerprint density at radius 2 is 2.00 bits per heavy atom. The summed E-state index contributed by atoms with van der Waals surface area (Å²) in [7, 11) is 0. The van der Waals surface area contributed by atoms with E-state index in [0.29, 0.717) is 13.1 Å². The maximum absolute atomic E-state index is 9.82. The lowest BCUT2D eigenvalue weighted by Gasteiger charge is -2.36. The quantitative estimate of drug-likeness (QED) is 0.592. The molecule has 0 unspecified atom stereocenters. The molecule has 2 heteroatoms. The molecule has 0 spiro atoms. The monoisotopic (exact) mass is 215 g/mol. The van der Waals surface area contributed by atoms with E-state index in [9.17, 15) is 5.11 Å². The molecule has 1 aromatic rings. The van der Waals surface area contributed by atoms with Crippen LogP contribution < -0.4 is 5.32 Å². The average Bonchev–Trinajstić information content (AvgIpc) is 2.28. The first kappa shape index (κ1) is 11.2. The van der Waals surface area contributed by atoms with Crippen molar-refractivity contribution < 1.29 is 5.11 Å². The lowest BCUT2D eigenvalue weighted by atomic mass is 9.80. The summed E-state index contributed by atoms with van der Waals surface area (Å²) in [4.78, 5) is 0. The molecule has 1 aromatic carbocycles. The lowest BCUT2D eigenvalue weighted by molar-refractivity contribution is -0.0304. The van der Waals surface area contributed by atoms with Gasteiger partial charge in [0, 0.05) is 12.1 Å². The molecule has 0 saturated heterocycles. The summed E-state index contributed by atoms with van der Waals surface area (Å²) in [5, 5.41) is 13.0. The SMILES string of the molecule is OC1(CNCC#Cc2ccccc2)CCC1. The first-order chi connectivity index (χ1) is 7.79. The van der Waals surface area contributed by atoms with Gasteiger partial charge in [-0.25, -0.2) is 0 Å². The normalized spacial score (nSPS) is 17.1. The standard InChI is InChI=1S/C14H17NO/c16-14(9-5-10-14)12-15-11-4-8-13-6-2-1-3-7-13/h1-3,6-7,15-16H,5,9-12H2. The van der Waals surface area contributed by atoms with Gasteiger partial charge in [-0.3, -0.25) is 0 Å². The molecule has 0 heterocycles. The number of nitrogens with one attached hydrogen (secondary N) is 1. The summed E-state index contributed by atoms with van der Waals surface area (Å²) in [5.41, 5.74) is 0.584. The van der Waals surface area contributed by atoms with Gasteiger partial charge >= 0.3 is 0 Å². The molecule has 0 radical (unpaired) electrons. The van der Waals surface area contributed by atoms with Crippen molar-refractivity contribution in [3.8, 4) is 11.8 Å². The highest BCUT2D eigenvalue weighted by atomic mass is 16.3. The molecule has 0 aromatic heterocycles. The molecule has 84 valence electrons. The smallest absolute Gasteiger partial charge is 0.0771 e. The summed E-state index contributed by atoms with van der Waals surface area (Å²) in [6.07, 6.45) is 2.99. The fourth-order valence-electron chi connectivity index (χ4n) is 1.79. The van der Waals surface area contributed by atoms with Crippen molar-refractivity contribution in [2.45, 2.75) is 24.9 Å². The van der Waals surface area contributed by atoms with Gasteiger partial charge < -0.3 is 10.4 Å². The van der Waals surface area contributed by atoms with Crippen LogP contribution in [0.5, 0.6) is 0 Å². The van der Waals surface area contributed by atoms with Gasteiger partial charge in [-0.1, -0.05) is 30.0 Å². The molecule has 0 aliphatic heterocycles. The van der Waals surface area contributed by atoms with Crippen molar-refractivity contribution in [1.82, 2.24) is 5.32 Å². The largest absolute Gasteiger partial charge is 0.389 e. The van der Waals surface area contributed by atoms with Gasteiger partial charge in [-0.15, -0.1) is 0 Å². The minimum atomic E-state index is -0.450. The average molecular weight is 215 g/mol. The summed E-state index contributed by atoms with van der Waals surface area (Å²) in [6, 6.07) is 9.93. The van der Waals surface area contributed by atoms with Crippen LogP contribution in [0.15, 0.2) is 30.3 Å². The Kier molecular flexibility index (Phi) is 3.61. The third-order valence-electron chi connectivity index (χ3n) is 2.96. The Hall–Kier alpha value is -1.30. The molecule has 1 saturated carbocycles. The molecular weight excluding hydrogens is 198 g/mol. The van der Waals surface area contributed by atoms with Crippen LogP contribution >= 0.6 is 0 Å². The fraction of sp³-hybridized carbons (Fsp3) is 0.429. The zero-order valence-corrected chi connectivity index (χ0v) is 9.37. The predicted molar refractivity (Wildman–Crippen MR) is 65.0 cm³/mol. The van der Waals surface area contributed by atoms with Crippen LogP contribution in [-0.4, -0.2) is 23.8 Å². The number of hydrogen-bond acceptors (Lipinski definition) is 2. The highest BCUT2D eigenvalue weighted by molar-refractivity contribution is 5.33. The van der Waals surface area contributed by atoms with Gasteiger partial charge in [0.2, 0.25) is 0 Å². The fourth-order valence-corrected chi connectivity index (χ4v) is 1.79. The second-order valence-electron chi connectivity index (χ2n) is 4.35. The predicted octanol–water partition coefficient (Wildman–Crippen LogP) is 1.54. The Balaban J connectivity index is 1.70. The van der Waals surface area contributed by atoms with Crippen molar-refractivity contribution >= 4 is 0 Å². The van der Waals surface area contributed by atoms with Gasteiger partial charge in [0.1, 0.15) is 0 Å². The number of rotatable bonds is 3. The molecule has 2 nitrogen and oxygen atoms in total. The molecule has 0 amide bonds. The summed E-state index contributed by atoms with van der Waals surface area (Å²) in [5.74, 6) is 6.12. The zero-order chi connectivity index (χ0) is 11.3. The summed E-state index contributed by atoms with van der Waals surface area (Å²) in [6.45, 7) is 1.30. The van der Waals surface area contributed by atoms with E-state index in [-0.39, 0.29) is 0 Å². The van der Waals surface area contributed by atoms with Crippen LogP contribution in [0.2, 0.25) is 0 Å². The van der Waals surface area contributed by atoms with Crippen LogP contribution in [0.3, 0.4) is 0 Å². The van der Waals surface area contributed by atoms with Gasteiger partial charge in [0.05, 0.1) is 12.1 Å². The first-order valence-corrected chi connectivity index (χ1v) is 5.76. The van der Waals surface area contributed by atoms with E-state index in [1.807, 2.05) is 30.3 Å². The summed E-state index contributed by atoms with van der Waals surface area (Å²) >= 11 is 0. The van der Waals surface area contributed by atoms with Gasteiger partial charge in [-0.2, -0.15) is 0 Å². The third kappa shape index (κ3) is 3.10. The lowest BCUT2D eigenvalue weighted by Crippen LogP contribution is -2.46. The molecule has 2 rings (SSSR count). The Bertz CT molecular complexity index is 384. The maximum Gasteiger partial charge on any atom is 0.0771 e. The maximum atomic E-state index is 9.82. The molecular formula is C14H17NO. The van der Waals surface area contributed by atoms with Crippen molar-refractivity contribution in [1.29, 1.82) is 0 Å². The highest BCUT2D eigenvalue weighted by Crippen LogP contribution is 2.30. The van der Waals surface area contributed by atoms with E-state index in [2.05, 4.69) is 17.2 Å². The van der Waals surface area contributed by atoms with Crippen LogP contribution in [0.25, 0.3) is 0 Å². The third-order valence-corrected chi connectivity index (χ3v) is 2.96. The minimum absolute atomic E-state index is 0.450. The molecule has 1 aliphatic rings. The van der Waals surface area contributed by atoms with Crippen molar-refractivity contribution in [3.05, 3.63) is 35.9 Å². The van der Waals surface area contributed by atoms with E-state index in [0.717, 1.165) is 24.8 Å². The molecule has 0 atom stereocenters. The second kappa shape index (κ2) is 5.16. The Morgan fingerprint density at radius 3 is 2.62 bits per heavy atom. The number of aliphatic hydroxyl groups is 1. The molecule has 2 N–H and O–H groups in total. The van der Waals surface area contributed by atoms with E-state index < -0.39 is 5.60 Å². The molecule has 1 fully saturated rings. The molecule has 16 heavy (non-hydrogen) atoms. The molecule has 0 bridgehead atoms. The van der Waals surface area contributed by atoms with Gasteiger partial charge in [0.25, 0.3) is 0 Å². The van der Waals surface area contributed by atoms with E-state index >= 15 is 0 Å². The number of benzene rings is 1. The van der Waals surface area contributed by atoms with E-state index in [4.69, 9.17) is 0 Å². The van der Waals surface area contributed by atoms with Crippen LogP contribution in [-0.2, 0) is 0 Å². The summed E-state index contributed by atoms with van der Waals surface area (Å²) < 4.78 is 0. The Morgan fingerprint density at radius 1 is 1.25 bits per heavy atom. The Labute approximate surface area is 96.7 Å². The van der Waals surface area contributed by atoms with Crippen LogP contribution in [0.4, 0.5) is 0 Å².